The van der Waals surface area contributed by atoms with Crippen LogP contribution in [0.5, 0.6) is 11.5 Å². The summed E-state index contributed by atoms with van der Waals surface area (Å²) in [5, 5.41) is 3.99. The minimum absolute atomic E-state index is 0.146. The number of aromatic nitrogens is 1. The number of carbonyl (C=O) groups is 1. The van der Waals surface area contributed by atoms with Crippen LogP contribution in [0.15, 0.2) is 46.9 Å². The fourth-order valence-electron chi connectivity index (χ4n) is 2.77. The molecule has 0 spiro atoms. The molecule has 1 unspecified atom stereocenters. The Hall–Kier alpha value is -2.47. The molecule has 5 nitrogen and oxygen atoms in total. The van der Waals surface area contributed by atoms with Crippen LogP contribution < -0.4 is 14.8 Å². The number of fused-ring (bicyclic) bond motifs is 2. The highest BCUT2D eigenvalue weighted by Gasteiger charge is 2.18. The number of benzene rings is 2. The van der Waals surface area contributed by atoms with E-state index in [9.17, 15) is 4.79 Å². The van der Waals surface area contributed by atoms with Crippen LogP contribution in [0.25, 0.3) is 10.9 Å². The first kappa shape index (κ1) is 15.1. The van der Waals surface area contributed by atoms with Crippen molar-refractivity contribution in [2.24, 2.45) is 0 Å². The maximum absolute atomic E-state index is 12.5. The molecule has 1 amide bonds. The molecule has 2 N–H and O–H groups in total. The highest BCUT2D eigenvalue weighted by molar-refractivity contribution is 9.10. The molecule has 2 heterocycles. The number of rotatable bonds is 3. The summed E-state index contributed by atoms with van der Waals surface area (Å²) in [7, 11) is 0. The molecule has 6 heteroatoms. The van der Waals surface area contributed by atoms with Crippen LogP contribution in [-0.2, 0) is 0 Å². The Morgan fingerprint density at radius 2 is 2.00 bits per heavy atom. The van der Waals surface area contributed by atoms with Crippen LogP contribution in [-0.4, -0.2) is 17.7 Å². The number of hydrogen-bond donors (Lipinski definition) is 2. The smallest absolute Gasteiger partial charge is 0.268 e. The zero-order chi connectivity index (χ0) is 16.7. The molecule has 0 saturated heterocycles. The van der Waals surface area contributed by atoms with Crippen molar-refractivity contribution in [2.45, 2.75) is 13.0 Å². The number of ether oxygens (including phenoxy) is 2. The van der Waals surface area contributed by atoms with Crippen molar-refractivity contribution >= 4 is 32.7 Å². The van der Waals surface area contributed by atoms with Crippen molar-refractivity contribution in [3.8, 4) is 11.5 Å². The summed E-state index contributed by atoms with van der Waals surface area (Å²) < 4.78 is 11.7. The number of halogens is 1. The summed E-state index contributed by atoms with van der Waals surface area (Å²) in [4.78, 5) is 15.7. The second-order valence-electron chi connectivity index (χ2n) is 5.72. The lowest BCUT2D eigenvalue weighted by Gasteiger charge is -2.14. The Morgan fingerprint density at radius 3 is 2.88 bits per heavy atom. The summed E-state index contributed by atoms with van der Waals surface area (Å²) >= 11 is 3.44. The molecule has 122 valence electrons. The highest BCUT2D eigenvalue weighted by atomic mass is 79.9. The van der Waals surface area contributed by atoms with E-state index in [0.717, 1.165) is 26.7 Å². The lowest BCUT2D eigenvalue weighted by Crippen LogP contribution is -2.26. The first-order chi connectivity index (χ1) is 11.6. The minimum Gasteiger partial charge on any atom is -0.454 e. The van der Waals surface area contributed by atoms with Crippen LogP contribution in [0, 0.1) is 0 Å². The first-order valence-corrected chi connectivity index (χ1v) is 8.38. The van der Waals surface area contributed by atoms with Gasteiger partial charge in [0.1, 0.15) is 5.69 Å². The third-order valence-electron chi connectivity index (χ3n) is 4.07. The lowest BCUT2D eigenvalue weighted by atomic mass is 10.1. The van der Waals surface area contributed by atoms with Crippen molar-refractivity contribution in [1.82, 2.24) is 10.3 Å². The van der Waals surface area contributed by atoms with Crippen LogP contribution in [0.2, 0.25) is 0 Å². The van der Waals surface area contributed by atoms with Gasteiger partial charge >= 0.3 is 0 Å². The second kappa shape index (κ2) is 5.87. The summed E-state index contributed by atoms with van der Waals surface area (Å²) in [5.41, 5.74) is 2.43. The SMILES string of the molecule is CC(NC(=O)c1cc2cc(Br)ccc2[nH]1)c1ccc2c(c1)OCO2. The van der Waals surface area contributed by atoms with E-state index >= 15 is 0 Å². The van der Waals surface area contributed by atoms with Gasteiger partial charge in [-0.3, -0.25) is 4.79 Å². The molecule has 0 fully saturated rings. The van der Waals surface area contributed by atoms with Crippen molar-refractivity contribution in [2.75, 3.05) is 6.79 Å². The molecule has 1 aromatic heterocycles. The predicted molar refractivity (Wildman–Crippen MR) is 94.4 cm³/mol. The quantitative estimate of drug-likeness (QED) is 0.710. The van der Waals surface area contributed by atoms with Gasteiger partial charge in [0.25, 0.3) is 5.91 Å². The Balaban J connectivity index is 1.54. The van der Waals surface area contributed by atoms with Crippen LogP contribution in [0.4, 0.5) is 0 Å². The number of aromatic amines is 1. The zero-order valence-electron chi connectivity index (χ0n) is 12.9. The van der Waals surface area contributed by atoms with E-state index in [4.69, 9.17) is 9.47 Å². The largest absolute Gasteiger partial charge is 0.454 e. The molecule has 4 rings (SSSR count). The number of nitrogens with one attached hydrogen (secondary N) is 2. The van der Waals surface area contributed by atoms with Gasteiger partial charge in [0, 0.05) is 15.4 Å². The number of carbonyl (C=O) groups excluding carboxylic acids is 1. The van der Waals surface area contributed by atoms with Crippen molar-refractivity contribution < 1.29 is 14.3 Å². The van der Waals surface area contributed by atoms with E-state index in [1.54, 1.807) is 0 Å². The number of amides is 1. The number of hydrogen-bond acceptors (Lipinski definition) is 3. The second-order valence-corrected chi connectivity index (χ2v) is 6.64. The molecule has 0 bridgehead atoms. The summed E-state index contributed by atoms with van der Waals surface area (Å²) in [6, 6.07) is 13.3. The molecule has 0 saturated carbocycles. The van der Waals surface area contributed by atoms with E-state index in [1.807, 2.05) is 49.4 Å². The molecule has 1 aliphatic rings. The monoisotopic (exact) mass is 386 g/mol. The van der Waals surface area contributed by atoms with E-state index < -0.39 is 0 Å². The van der Waals surface area contributed by atoms with Crippen molar-refractivity contribution in [1.29, 1.82) is 0 Å². The third-order valence-corrected chi connectivity index (χ3v) is 4.56. The maximum Gasteiger partial charge on any atom is 0.268 e. The normalized spacial score (nSPS) is 13.9. The van der Waals surface area contributed by atoms with Gasteiger partial charge in [0.2, 0.25) is 6.79 Å². The van der Waals surface area contributed by atoms with E-state index in [2.05, 4.69) is 26.2 Å². The first-order valence-electron chi connectivity index (χ1n) is 7.59. The third kappa shape index (κ3) is 2.73. The van der Waals surface area contributed by atoms with Gasteiger partial charge in [-0.25, -0.2) is 0 Å². The number of H-pyrrole nitrogens is 1. The predicted octanol–water partition coefficient (Wildman–Crippen LogP) is 4.15. The standard InChI is InChI=1S/C18H15BrN2O3/c1-10(11-2-5-16-17(8-11)24-9-23-16)20-18(22)15-7-12-6-13(19)3-4-14(12)21-15/h2-8,10,21H,9H2,1H3,(H,20,22). The van der Waals surface area contributed by atoms with E-state index in [0.29, 0.717) is 11.4 Å². The Kier molecular flexibility index (Phi) is 3.69. The molecule has 24 heavy (non-hydrogen) atoms. The van der Waals surface area contributed by atoms with Crippen LogP contribution in [0.1, 0.15) is 29.0 Å². The molecular formula is C18H15BrN2O3. The van der Waals surface area contributed by atoms with E-state index in [-0.39, 0.29) is 18.7 Å². The van der Waals surface area contributed by atoms with Crippen molar-refractivity contribution in [3.63, 3.8) is 0 Å². The summed E-state index contributed by atoms with van der Waals surface area (Å²) in [6.45, 7) is 2.18. The van der Waals surface area contributed by atoms with Crippen molar-refractivity contribution in [3.05, 3.63) is 58.2 Å². The highest BCUT2D eigenvalue weighted by Crippen LogP contribution is 2.34. The Bertz CT molecular complexity index is 935. The molecule has 1 aliphatic heterocycles. The van der Waals surface area contributed by atoms with Crippen LogP contribution in [0.3, 0.4) is 0 Å². The van der Waals surface area contributed by atoms with Crippen LogP contribution >= 0.6 is 15.9 Å². The maximum atomic E-state index is 12.5. The summed E-state index contributed by atoms with van der Waals surface area (Å²) in [5.74, 6) is 1.30. The topological polar surface area (TPSA) is 63.4 Å². The fraction of sp³-hybridized carbons (Fsp3) is 0.167. The average Bonchev–Trinajstić information content (AvgIpc) is 3.19. The van der Waals surface area contributed by atoms with Gasteiger partial charge in [0.05, 0.1) is 6.04 Å². The van der Waals surface area contributed by atoms with Gasteiger partial charge < -0.3 is 19.8 Å². The van der Waals surface area contributed by atoms with E-state index in [1.165, 1.54) is 0 Å². The summed E-state index contributed by atoms with van der Waals surface area (Å²) in [6.07, 6.45) is 0. The molecule has 0 radical (unpaired) electrons. The zero-order valence-corrected chi connectivity index (χ0v) is 14.5. The fourth-order valence-corrected chi connectivity index (χ4v) is 3.14. The minimum atomic E-state index is -0.148. The molecule has 1 atom stereocenters. The average molecular weight is 387 g/mol. The van der Waals surface area contributed by atoms with Gasteiger partial charge in [-0.05, 0) is 48.9 Å². The van der Waals surface area contributed by atoms with Gasteiger partial charge in [-0.2, -0.15) is 0 Å². The molecule has 0 aliphatic carbocycles. The molecule has 3 aromatic rings. The Morgan fingerprint density at radius 1 is 1.17 bits per heavy atom. The molecular weight excluding hydrogens is 372 g/mol. The van der Waals surface area contributed by atoms with Gasteiger partial charge in [-0.15, -0.1) is 0 Å². The Labute approximate surface area is 147 Å². The van der Waals surface area contributed by atoms with Gasteiger partial charge in [-0.1, -0.05) is 22.0 Å². The van der Waals surface area contributed by atoms with Gasteiger partial charge in [0.15, 0.2) is 11.5 Å². The lowest BCUT2D eigenvalue weighted by molar-refractivity contribution is 0.0935. The molecule has 2 aromatic carbocycles.